The number of amidine groups is 1. The standard InChI is InChI=1S/C22H19BrFN5O/c23-8-3-9-28-12-20(16-10-14(24)6-7-19(16)28)29-21(13-30)26-27-22(29)17-11-25-18-5-2-1-4-15(17)18/h1-2,4-7,10-13,21,25-26H,3,8-9H2. The van der Waals surface area contributed by atoms with E-state index in [0.29, 0.717) is 5.84 Å². The van der Waals surface area contributed by atoms with Crippen molar-refractivity contribution in [1.29, 1.82) is 0 Å². The number of rotatable bonds is 6. The average Bonchev–Trinajstić information content (AvgIpc) is 3.46. The van der Waals surface area contributed by atoms with Gasteiger partial charge in [0.15, 0.2) is 18.3 Å². The van der Waals surface area contributed by atoms with Gasteiger partial charge in [-0.3, -0.25) is 15.1 Å². The molecule has 30 heavy (non-hydrogen) atoms. The van der Waals surface area contributed by atoms with E-state index in [4.69, 9.17) is 0 Å². The summed E-state index contributed by atoms with van der Waals surface area (Å²) in [6, 6.07) is 12.7. The molecule has 0 bridgehead atoms. The van der Waals surface area contributed by atoms with Crippen LogP contribution < -0.4 is 10.3 Å². The summed E-state index contributed by atoms with van der Waals surface area (Å²) in [6.45, 7) is 0.778. The van der Waals surface area contributed by atoms with Crippen molar-refractivity contribution in [2.75, 3.05) is 10.2 Å². The van der Waals surface area contributed by atoms with Crippen LogP contribution in [0.3, 0.4) is 0 Å². The van der Waals surface area contributed by atoms with Crippen LogP contribution in [-0.4, -0.2) is 33.2 Å². The van der Waals surface area contributed by atoms with E-state index in [0.717, 1.165) is 57.6 Å². The van der Waals surface area contributed by atoms with Gasteiger partial charge in [-0.2, -0.15) is 5.10 Å². The first kappa shape index (κ1) is 18.9. The number of aryl methyl sites for hydroxylation is 1. The molecule has 152 valence electrons. The summed E-state index contributed by atoms with van der Waals surface area (Å²) in [6.07, 6.45) is 4.93. The average molecular weight is 468 g/mol. The number of fused-ring (bicyclic) bond motifs is 2. The number of benzene rings is 2. The lowest BCUT2D eigenvalue weighted by molar-refractivity contribution is -0.109. The second-order valence-corrected chi connectivity index (χ2v) is 7.97. The molecule has 1 aliphatic heterocycles. The van der Waals surface area contributed by atoms with Crippen molar-refractivity contribution in [2.45, 2.75) is 19.1 Å². The molecule has 0 spiro atoms. The maximum atomic E-state index is 14.2. The van der Waals surface area contributed by atoms with Crippen molar-refractivity contribution in [2.24, 2.45) is 5.10 Å². The minimum Gasteiger partial charge on any atom is -0.360 e. The van der Waals surface area contributed by atoms with Gasteiger partial charge in [-0.15, -0.1) is 0 Å². The first-order chi connectivity index (χ1) is 14.7. The van der Waals surface area contributed by atoms with Crippen LogP contribution in [0.5, 0.6) is 0 Å². The third kappa shape index (κ3) is 2.99. The van der Waals surface area contributed by atoms with E-state index < -0.39 is 6.17 Å². The minimum absolute atomic E-state index is 0.317. The van der Waals surface area contributed by atoms with Gasteiger partial charge < -0.3 is 9.55 Å². The normalized spacial score (nSPS) is 16.3. The predicted octanol–water partition coefficient (Wildman–Crippen LogP) is 4.34. The monoisotopic (exact) mass is 467 g/mol. The maximum Gasteiger partial charge on any atom is 0.177 e. The number of carbonyl (C=O) groups is 1. The molecule has 6 nitrogen and oxygen atoms in total. The molecule has 2 aromatic carbocycles. The van der Waals surface area contributed by atoms with Crippen molar-refractivity contribution >= 4 is 55.5 Å². The highest BCUT2D eigenvalue weighted by Gasteiger charge is 2.33. The van der Waals surface area contributed by atoms with Crippen LogP contribution in [0, 0.1) is 5.82 Å². The fourth-order valence-electron chi connectivity index (χ4n) is 4.03. The van der Waals surface area contributed by atoms with Gasteiger partial charge in [-0.25, -0.2) is 4.39 Å². The molecule has 0 saturated heterocycles. The molecule has 3 heterocycles. The summed E-state index contributed by atoms with van der Waals surface area (Å²) in [5, 5.41) is 7.09. The zero-order chi connectivity index (χ0) is 20.7. The molecule has 4 aromatic rings. The summed E-state index contributed by atoms with van der Waals surface area (Å²) in [7, 11) is 0. The van der Waals surface area contributed by atoms with Crippen molar-refractivity contribution in [3.05, 3.63) is 66.2 Å². The lowest BCUT2D eigenvalue weighted by Crippen LogP contribution is -2.41. The number of carbonyl (C=O) groups excluding carboxylic acids is 1. The van der Waals surface area contributed by atoms with Crippen molar-refractivity contribution in [3.8, 4) is 0 Å². The van der Waals surface area contributed by atoms with E-state index in [1.54, 1.807) is 6.07 Å². The number of aromatic amines is 1. The second-order valence-electron chi connectivity index (χ2n) is 7.18. The van der Waals surface area contributed by atoms with E-state index in [1.165, 1.54) is 12.1 Å². The highest BCUT2D eigenvalue weighted by Crippen LogP contribution is 2.34. The molecule has 0 saturated carbocycles. The van der Waals surface area contributed by atoms with E-state index in [9.17, 15) is 9.18 Å². The number of aromatic nitrogens is 2. The summed E-state index contributed by atoms with van der Waals surface area (Å²) in [5.74, 6) is 0.302. The molecule has 8 heteroatoms. The molecule has 0 aliphatic carbocycles. The Morgan fingerprint density at radius 2 is 2.07 bits per heavy atom. The van der Waals surface area contributed by atoms with Crippen LogP contribution in [0.1, 0.15) is 12.0 Å². The lowest BCUT2D eigenvalue weighted by Gasteiger charge is -2.23. The lowest BCUT2D eigenvalue weighted by atomic mass is 10.1. The number of hydrogen-bond donors (Lipinski definition) is 2. The van der Waals surface area contributed by atoms with Crippen LogP contribution in [0.4, 0.5) is 10.1 Å². The number of halogens is 2. The Labute approximate surface area is 180 Å². The molecule has 0 radical (unpaired) electrons. The van der Waals surface area contributed by atoms with Gasteiger partial charge >= 0.3 is 0 Å². The minimum atomic E-state index is -0.674. The van der Waals surface area contributed by atoms with Crippen LogP contribution in [0.2, 0.25) is 0 Å². The predicted molar refractivity (Wildman–Crippen MR) is 121 cm³/mol. The third-order valence-corrected chi connectivity index (χ3v) is 5.94. The SMILES string of the molecule is O=CC1NN=C(c2c[nH]c3ccccc23)N1c1cn(CCCBr)c2ccc(F)cc12. The number of para-hydroxylation sites is 1. The number of H-pyrrole nitrogens is 1. The fraction of sp³-hybridized carbons (Fsp3) is 0.182. The highest BCUT2D eigenvalue weighted by molar-refractivity contribution is 9.09. The van der Waals surface area contributed by atoms with Crippen LogP contribution >= 0.6 is 15.9 Å². The van der Waals surface area contributed by atoms with Crippen LogP contribution in [-0.2, 0) is 11.3 Å². The van der Waals surface area contributed by atoms with E-state index in [-0.39, 0.29) is 5.82 Å². The molecule has 1 atom stereocenters. The molecule has 1 aliphatic rings. The van der Waals surface area contributed by atoms with Crippen LogP contribution in [0.15, 0.2) is 60.0 Å². The summed E-state index contributed by atoms with van der Waals surface area (Å²) in [5.41, 5.74) is 6.43. The van der Waals surface area contributed by atoms with E-state index >= 15 is 0 Å². The largest absolute Gasteiger partial charge is 0.360 e. The van der Waals surface area contributed by atoms with Crippen molar-refractivity contribution < 1.29 is 9.18 Å². The maximum absolute atomic E-state index is 14.2. The number of hydrogen-bond acceptors (Lipinski definition) is 4. The smallest absolute Gasteiger partial charge is 0.177 e. The summed E-state index contributed by atoms with van der Waals surface area (Å²) in [4.78, 5) is 17.0. The Bertz CT molecular complexity index is 1280. The Hall–Kier alpha value is -3.13. The van der Waals surface area contributed by atoms with Gasteiger partial charge in [0.05, 0.1) is 11.2 Å². The van der Waals surface area contributed by atoms with Gasteiger partial charge in [0.2, 0.25) is 0 Å². The topological polar surface area (TPSA) is 65.4 Å². The van der Waals surface area contributed by atoms with E-state index in [2.05, 4.69) is 36.0 Å². The third-order valence-electron chi connectivity index (χ3n) is 5.38. The van der Waals surface area contributed by atoms with Crippen LogP contribution in [0.25, 0.3) is 21.8 Å². The fourth-order valence-corrected chi connectivity index (χ4v) is 4.28. The second kappa shape index (κ2) is 7.60. The van der Waals surface area contributed by atoms with Gasteiger partial charge in [0.25, 0.3) is 0 Å². The zero-order valence-corrected chi connectivity index (χ0v) is 17.6. The zero-order valence-electron chi connectivity index (χ0n) is 16.0. The molecule has 0 fully saturated rings. The van der Waals surface area contributed by atoms with Crippen molar-refractivity contribution in [1.82, 2.24) is 15.0 Å². The number of anilines is 1. The Morgan fingerprint density at radius 1 is 1.20 bits per heavy atom. The first-order valence-electron chi connectivity index (χ1n) is 9.70. The van der Waals surface area contributed by atoms with Gasteiger partial charge in [-0.05, 0) is 30.7 Å². The molecule has 0 amide bonds. The molecular weight excluding hydrogens is 449 g/mol. The molecule has 2 N–H and O–H groups in total. The quantitative estimate of drug-likeness (QED) is 0.327. The summed E-state index contributed by atoms with van der Waals surface area (Å²) < 4.78 is 16.3. The molecular formula is C22H19BrFN5O. The Morgan fingerprint density at radius 3 is 2.90 bits per heavy atom. The number of nitrogens with one attached hydrogen (secondary N) is 2. The Balaban J connectivity index is 1.68. The summed E-state index contributed by atoms with van der Waals surface area (Å²) >= 11 is 3.47. The number of hydrazone groups is 1. The van der Waals surface area contributed by atoms with Crippen molar-refractivity contribution in [3.63, 3.8) is 0 Å². The number of nitrogens with zero attached hydrogens (tertiary/aromatic N) is 3. The molecule has 1 unspecified atom stereocenters. The highest BCUT2D eigenvalue weighted by atomic mass is 79.9. The Kier molecular flexibility index (Phi) is 4.78. The number of aldehydes is 1. The number of alkyl halides is 1. The molecule has 2 aromatic heterocycles. The first-order valence-corrected chi connectivity index (χ1v) is 10.8. The van der Waals surface area contributed by atoms with Gasteiger partial charge in [0, 0.05) is 46.1 Å². The molecule has 5 rings (SSSR count). The van der Waals surface area contributed by atoms with Gasteiger partial charge in [-0.1, -0.05) is 34.1 Å². The van der Waals surface area contributed by atoms with E-state index in [1.807, 2.05) is 41.6 Å². The van der Waals surface area contributed by atoms with Gasteiger partial charge in [0.1, 0.15) is 5.82 Å².